The van der Waals surface area contributed by atoms with Crippen molar-refractivity contribution in [1.29, 1.82) is 0 Å². The van der Waals surface area contributed by atoms with E-state index in [0.29, 0.717) is 18.7 Å². The Bertz CT molecular complexity index is 1080. The van der Waals surface area contributed by atoms with Crippen LogP contribution < -0.4 is 4.90 Å². The largest absolute Gasteiger partial charge is 0.377 e. The fourth-order valence-corrected chi connectivity index (χ4v) is 5.81. The normalized spacial score (nSPS) is 22.0. The molecule has 2 amide bonds. The molecule has 2 aliphatic rings. The number of aryl methyl sites for hydroxylation is 1. The lowest BCUT2D eigenvalue weighted by Gasteiger charge is -2.29. The molecule has 2 aromatic rings. The standard InChI is InChI=1S/C22H23BrN2O5S/c1-15-4-10-19(11-5-15)31(28,29)24(14-18-3-2-12-30-18)20-13-21(26)25(22(20)27)17-8-6-16(23)7-9-17/h4-11,18,20H,2-3,12-14H2,1H3. The van der Waals surface area contributed by atoms with E-state index in [1.165, 1.54) is 12.1 Å². The van der Waals surface area contributed by atoms with Gasteiger partial charge in [0, 0.05) is 17.6 Å². The van der Waals surface area contributed by atoms with Crippen LogP contribution in [0.1, 0.15) is 24.8 Å². The number of imide groups is 1. The summed E-state index contributed by atoms with van der Waals surface area (Å²) < 4.78 is 34.7. The van der Waals surface area contributed by atoms with Crippen molar-refractivity contribution in [2.24, 2.45) is 0 Å². The van der Waals surface area contributed by atoms with Crippen LogP contribution in [-0.4, -0.2) is 49.8 Å². The Kier molecular flexibility index (Phi) is 6.30. The molecule has 4 rings (SSSR count). The second kappa shape index (κ2) is 8.82. The van der Waals surface area contributed by atoms with Gasteiger partial charge in [0.2, 0.25) is 15.9 Å². The highest BCUT2D eigenvalue weighted by Crippen LogP contribution is 2.31. The number of carbonyl (C=O) groups is 2. The molecule has 2 saturated heterocycles. The summed E-state index contributed by atoms with van der Waals surface area (Å²) in [4.78, 5) is 27.2. The highest BCUT2D eigenvalue weighted by atomic mass is 79.9. The average Bonchev–Trinajstić information content (AvgIpc) is 3.35. The van der Waals surface area contributed by atoms with Gasteiger partial charge in [-0.15, -0.1) is 0 Å². The molecule has 0 saturated carbocycles. The van der Waals surface area contributed by atoms with Crippen molar-refractivity contribution in [3.05, 3.63) is 58.6 Å². The van der Waals surface area contributed by atoms with Gasteiger partial charge >= 0.3 is 0 Å². The molecule has 2 aromatic carbocycles. The predicted octanol–water partition coefficient (Wildman–Crippen LogP) is 3.26. The number of halogens is 1. The lowest BCUT2D eigenvalue weighted by molar-refractivity contribution is -0.122. The van der Waals surface area contributed by atoms with Gasteiger partial charge in [-0.05, 0) is 56.2 Å². The van der Waals surface area contributed by atoms with Gasteiger partial charge in [-0.25, -0.2) is 13.3 Å². The third kappa shape index (κ3) is 4.45. The van der Waals surface area contributed by atoms with Gasteiger partial charge in [0.25, 0.3) is 5.91 Å². The second-order valence-corrected chi connectivity index (χ2v) is 10.6. The van der Waals surface area contributed by atoms with Crippen LogP contribution in [0.2, 0.25) is 0 Å². The Hall–Kier alpha value is -2.07. The van der Waals surface area contributed by atoms with Gasteiger partial charge < -0.3 is 4.74 Å². The number of hydrogen-bond donors (Lipinski definition) is 0. The minimum Gasteiger partial charge on any atom is -0.377 e. The van der Waals surface area contributed by atoms with Gasteiger partial charge in [-0.2, -0.15) is 4.31 Å². The highest BCUT2D eigenvalue weighted by molar-refractivity contribution is 9.10. The van der Waals surface area contributed by atoms with Crippen molar-refractivity contribution >= 4 is 43.5 Å². The smallest absolute Gasteiger partial charge is 0.252 e. The van der Waals surface area contributed by atoms with Gasteiger partial charge in [-0.1, -0.05) is 33.6 Å². The van der Waals surface area contributed by atoms with Crippen LogP contribution in [0.25, 0.3) is 0 Å². The third-order valence-corrected chi connectivity index (χ3v) is 8.01. The molecular weight excluding hydrogens is 484 g/mol. The van der Waals surface area contributed by atoms with E-state index in [0.717, 1.165) is 25.7 Å². The van der Waals surface area contributed by atoms with Crippen molar-refractivity contribution in [1.82, 2.24) is 4.31 Å². The number of sulfonamides is 1. The van der Waals surface area contributed by atoms with E-state index in [1.807, 2.05) is 6.92 Å². The maximum absolute atomic E-state index is 13.5. The number of nitrogens with zero attached hydrogens (tertiary/aromatic N) is 2. The van der Waals surface area contributed by atoms with Crippen LogP contribution >= 0.6 is 15.9 Å². The van der Waals surface area contributed by atoms with Gasteiger partial charge in [0.1, 0.15) is 6.04 Å². The highest BCUT2D eigenvalue weighted by Gasteiger charge is 2.47. The van der Waals surface area contributed by atoms with Crippen molar-refractivity contribution in [3.63, 3.8) is 0 Å². The van der Waals surface area contributed by atoms with Crippen LogP contribution in [0.3, 0.4) is 0 Å². The summed E-state index contributed by atoms with van der Waals surface area (Å²) in [6.07, 6.45) is 1.05. The number of rotatable bonds is 6. The summed E-state index contributed by atoms with van der Waals surface area (Å²) in [5, 5.41) is 0. The molecule has 2 unspecified atom stereocenters. The Morgan fingerprint density at radius 2 is 1.77 bits per heavy atom. The predicted molar refractivity (Wildman–Crippen MR) is 119 cm³/mol. The van der Waals surface area contributed by atoms with E-state index in [-0.39, 0.29) is 24.0 Å². The van der Waals surface area contributed by atoms with E-state index < -0.39 is 27.9 Å². The lowest BCUT2D eigenvalue weighted by Crippen LogP contribution is -2.48. The second-order valence-electron chi connectivity index (χ2n) is 7.79. The molecule has 0 spiro atoms. The molecule has 0 aromatic heterocycles. The van der Waals surface area contributed by atoms with Crippen molar-refractivity contribution in [2.75, 3.05) is 18.1 Å². The van der Waals surface area contributed by atoms with Crippen LogP contribution in [-0.2, 0) is 24.3 Å². The monoisotopic (exact) mass is 506 g/mol. The molecule has 0 bridgehead atoms. The first kappa shape index (κ1) is 22.1. The zero-order valence-electron chi connectivity index (χ0n) is 17.0. The summed E-state index contributed by atoms with van der Waals surface area (Å²) in [7, 11) is -4.01. The number of anilines is 1. The topological polar surface area (TPSA) is 84.0 Å². The van der Waals surface area contributed by atoms with Crippen LogP contribution in [0.15, 0.2) is 57.9 Å². The number of ether oxygens (including phenoxy) is 1. The summed E-state index contributed by atoms with van der Waals surface area (Å²) in [5.74, 6) is -0.963. The summed E-state index contributed by atoms with van der Waals surface area (Å²) in [6, 6.07) is 12.2. The quantitative estimate of drug-likeness (QED) is 0.561. The SMILES string of the molecule is Cc1ccc(S(=O)(=O)N(CC2CCCO2)C2CC(=O)N(c3ccc(Br)cc3)C2=O)cc1. The Morgan fingerprint density at radius 1 is 1.10 bits per heavy atom. The maximum atomic E-state index is 13.5. The van der Waals surface area contributed by atoms with E-state index in [2.05, 4.69) is 15.9 Å². The first-order valence-corrected chi connectivity index (χ1v) is 12.3. The Balaban J connectivity index is 1.69. The molecule has 0 N–H and O–H groups in total. The maximum Gasteiger partial charge on any atom is 0.252 e. The summed E-state index contributed by atoms with van der Waals surface area (Å²) in [6.45, 7) is 2.47. The van der Waals surface area contributed by atoms with Gasteiger partial charge in [0.15, 0.2) is 0 Å². The van der Waals surface area contributed by atoms with Crippen LogP contribution in [0, 0.1) is 6.92 Å². The molecule has 2 fully saturated rings. The zero-order valence-corrected chi connectivity index (χ0v) is 19.4. The Labute approximate surface area is 190 Å². The lowest BCUT2D eigenvalue weighted by atomic mass is 10.2. The molecule has 2 heterocycles. The van der Waals surface area contributed by atoms with Crippen LogP contribution in [0.5, 0.6) is 0 Å². The summed E-state index contributed by atoms with van der Waals surface area (Å²) in [5.41, 5.74) is 1.35. The van der Waals surface area contributed by atoms with Crippen molar-refractivity contribution in [3.8, 4) is 0 Å². The van der Waals surface area contributed by atoms with Crippen molar-refractivity contribution in [2.45, 2.75) is 43.2 Å². The average molecular weight is 507 g/mol. The minimum absolute atomic E-state index is 0.0358. The van der Waals surface area contributed by atoms with E-state index in [9.17, 15) is 18.0 Å². The zero-order chi connectivity index (χ0) is 22.2. The van der Waals surface area contributed by atoms with Crippen LogP contribution in [0.4, 0.5) is 5.69 Å². The molecular formula is C22H23BrN2O5S. The molecule has 9 heteroatoms. The fraction of sp³-hybridized carbons (Fsp3) is 0.364. The minimum atomic E-state index is -4.01. The molecule has 2 atom stereocenters. The Morgan fingerprint density at radius 3 is 2.39 bits per heavy atom. The van der Waals surface area contributed by atoms with E-state index >= 15 is 0 Å². The number of carbonyl (C=O) groups excluding carboxylic acids is 2. The fourth-order valence-electron chi connectivity index (χ4n) is 3.93. The molecule has 0 radical (unpaired) electrons. The first-order valence-electron chi connectivity index (χ1n) is 10.1. The first-order chi connectivity index (χ1) is 14.8. The molecule has 0 aliphatic carbocycles. The molecule has 2 aliphatic heterocycles. The third-order valence-electron chi connectivity index (χ3n) is 5.59. The number of benzene rings is 2. The van der Waals surface area contributed by atoms with Gasteiger partial charge in [-0.3, -0.25) is 9.59 Å². The number of hydrogen-bond acceptors (Lipinski definition) is 5. The number of amides is 2. The molecule has 7 nitrogen and oxygen atoms in total. The van der Waals surface area contributed by atoms with E-state index in [4.69, 9.17) is 4.74 Å². The molecule has 164 valence electrons. The van der Waals surface area contributed by atoms with Crippen molar-refractivity contribution < 1.29 is 22.7 Å². The van der Waals surface area contributed by atoms with E-state index in [1.54, 1.807) is 36.4 Å². The molecule has 31 heavy (non-hydrogen) atoms. The summed E-state index contributed by atoms with van der Waals surface area (Å²) >= 11 is 3.34. The van der Waals surface area contributed by atoms with Gasteiger partial charge in [0.05, 0.1) is 23.1 Å².